The number of rotatable bonds is 10. The summed E-state index contributed by atoms with van der Waals surface area (Å²) in [6, 6.07) is 3.79. The van der Waals surface area contributed by atoms with Crippen LogP contribution in [0, 0.1) is 5.92 Å². The first-order chi connectivity index (χ1) is 12.7. The zero-order valence-corrected chi connectivity index (χ0v) is 16.4. The molecule has 0 radical (unpaired) electrons. The lowest BCUT2D eigenvalue weighted by Gasteiger charge is -2.34. The lowest BCUT2D eigenvalue weighted by molar-refractivity contribution is -0.0284. The Labute approximate surface area is 157 Å². The van der Waals surface area contributed by atoms with Gasteiger partial charge in [-0.15, -0.1) is 0 Å². The highest BCUT2D eigenvalue weighted by molar-refractivity contribution is 5.79. The fraction of sp³-hybridized carbons (Fsp3) is 0.737. The minimum absolute atomic E-state index is 0.206. The molecule has 7 heteroatoms. The molecule has 2 N–H and O–H groups in total. The number of guanidine groups is 1. The Balaban J connectivity index is 1.54. The summed E-state index contributed by atoms with van der Waals surface area (Å²) in [5, 5.41) is 6.67. The second-order valence-corrected chi connectivity index (χ2v) is 7.01. The van der Waals surface area contributed by atoms with Gasteiger partial charge in [0, 0.05) is 46.4 Å². The molecule has 148 valence electrons. The number of ether oxygens (including phenoxy) is 2. The van der Waals surface area contributed by atoms with E-state index in [1.807, 2.05) is 12.1 Å². The van der Waals surface area contributed by atoms with Gasteiger partial charge in [0.15, 0.2) is 5.96 Å². The zero-order chi connectivity index (χ0) is 18.6. The topological polar surface area (TPSA) is 71.3 Å². The first kappa shape index (κ1) is 20.7. The molecule has 0 amide bonds. The fourth-order valence-corrected chi connectivity index (χ4v) is 2.97. The molecule has 0 bridgehead atoms. The smallest absolute Gasteiger partial charge is 0.191 e. The number of furan rings is 1. The van der Waals surface area contributed by atoms with E-state index in [4.69, 9.17) is 13.9 Å². The minimum atomic E-state index is 0.206. The summed E-state index contributed by atoms with van der Waals surface area (Å²) in [6.07, 6.45) is 2.77. The Kier molecular flexibility index (Phi) is 9.52. The van der Waals surface area contributed by atoms with Gasteiger partial charge >= 0.3 is 0 Å². The van der Waals surface area contributed by atoms with Crippen molar-refractivity contribution in [2.45, 2.75) is 33.0 Å². The number of nitrogens with one attached hydrogen (secondary N) is 2. The van der Waals surface area contributed by atoms with Crippen molar-refractivity contribution in [3.63, 3.8) is 0 Å². The normalized spacial score (nSPS) is 19.1. The van der Waals surface area contributed by atoms with Gasteiger partial charge < -0.3 is 24.5 Å². The Hall–Kier alpha value is -1.57. The summed E-state index contributed by atoms with van der Waals surface area (Å²) in [4.78, 5) is 6.75. The second kappa shape index (κ2) is 11.9. The molecule has 0 spiro atoms. The van der Waals surface area contributed by atoms with Crippen LogP contribution in [-0.4, -0.2) is 69.9 Å². The van der Waals surface area contributed by atoms with Gasteiger partial charge in [-0.1, -0.05) is 13.8 Å². The average molecular weight is 367 g/mol. The third-order valence-electron chi connectivity index (χ3n) is 4.15. The van der Waals surface area contributed by atoms with Crippen LogP contribution < -0.4 is 10.6 Å². The third-order valence-corrected chi connectivity index (χ3v) is 4.15. The monoisotopic (exact) mass is 366 g/mol. The maximum absolute atomic E-state index is 5.86. The van der Waals surface area contributed by atoms with Gasteiger partial charge in [0.2, 0.25) is 0 Å². The van der Waals surface area contributed by atoms with Crippen molar-refractivity contribution in [3.05, 3.63) is 24.2 Å². The summed E-state index contributed by atoms with van der Waals surface area (Å²) in [6.45, 7) is 11.2. The molecule has 0 aliphatic carbocycles. The molecule has 1 unspecified atom stereocenters. The molecule has 2 rings (SSSR count). The van der Waals surface area contributed by atoms with E-state index >= 15 is 0 Å². The second-order valence-electron chi connectivity index (χ2n) is 7.01. The van der Waals surface area contributed by atoms with E-state index in [2.05, 4.69) is 34.4 Å². The number of aliphatic imine (C=N–C) groups is 1. The molecule has 1 saturated heterocycles. The highest BCUT2D eigenvalue weighted by Gasteiger charge is 2.20. The number of hydrogen-bond donors (Lipinski definition) is 2. The predicted octanol–water partition coefficient (Wildman–Crippen LogP) is 1.71. The van der Waals surface area contributed by atoms with Crippen molar-refractivity contribution in [3.8, 4) is 0 Å². The van der Waals surface area contributed by atoms with Crippen LogP contribution in [0.5, 0.6) is 0 Å². The lowest BCUT2D eigenvalue weighted by Crippen LogP contribution is -2.50. The van der Waals surface area contributed by atoms with Crippen molar-refractivity contribution in [1.82, 2.24) is 15.5 Å². The molecule has 7 nitrogen and oxygen atoms in total. The van der Waals surface area contributed by atoms with Crippen LogP contribution in [0.4, 0.5) is 0 Å². The van der Waals surface area contributed by atoms with Crippen molar-refractivity contribution in [1.29, 1.82) is 0 Å². The standard InChI is InChI=1S/C19H34N4O3/c1-16(2)13-23-8-11-26-18(14-23)12-22-19(20-3)21-7-5-9-24-15-17-6-4-10-25-17/h4,6,10,16,18H,5,7-9,11-15H2,1-3H3,(H2,20,21,22). The van der Waals surface area contributed by atoms with Crippen LogP contribution in [0.2, 0.25) is 0 Å². The molecule has 1 aromatic heterocycles. The highest BCUT2D eigenvalue weighted by atomic mass is 16.5. The largest absolute Gasteiger partial charge is 0.467 e. The van der Waals surface area contributed by atoms with Crippen LogP contribution in [0.25, 0.3) is 0 Å². The van der Waals surface area contributed by atoms with E-state index in [0.717, 1.165) is 57.5 Å². The fourth-order valence-electron chi connectivity index (χ4n) is 2.97. The molecule has 1 fully saturated rings. The Morgan fingerprint density at radius 1 is 1.42 bits per heavy atom. The number of morpholine rings is 1. The summed E-state index contributed by atoms with van der Waals surface area (Å²) in [5.74, 6) is 2.35. The first-order valence-electron chi connectivity index (χ1n) is 9.56. The molecular weight excluding hydrogens is 332 g/mol. The van der Waals surface area contributed by atoms with Crippen LogP contribution in [0.1, 0.15) is 26.0 Å². The first-order valence-corrected chi connectivity index (χ1v) is 9.56. The summed E-state index contributed by atoms with van der Waals surface area (Å²) in [7, 11) is 1.79. The maximum Gasteiger partial charge on any atom is 0.191 e. The molecule has 1 aliphatic rings. The van der Waals surface area contributed by atoms with E-state index in [1.54, 1.807) is 13.3 Å². The summed E-state index contributed by atoms with van der Waals surface area (Å²) >= 11 is 0. The van der Waals surface area contributed by atoms with Gasteiger partial charge in [-0.05, 0) is 24.5 Å². The van der Waals surface area contributed by atoms with E-state index < -0.39 is 0 Å². The van der Waals surface area contributed by atoms with Crippen LogP contribution in [0.15, 0.2) is 27.8 Å². The Bertz CT molecular complexity index is 505. The van der Waals surface area contributed by atoms with E-state index in [9.17, 15) is 0 Å². The molecular formula is C19H34N4O3. The SMILES string of the molecule is CN=C(NCCCOCc1ccco1)NCC1CN(CC(C)C)CCO1. The zero-order valence-electron chi connectivity index (χ0n) is 16.4. The molecule has 1 atom stereocenters. The molecule has 0 saturated carbocycles. The van der Waals surface area contributed by atoms with Gasteiger partial charge in [-0.25, -0.2) is 0 Å². The molecule has 2 heterocycles. The van der Waals surface area contributed by atoms with Gasteiger partial charge in [0.1, 0.15) is 12.4 Å². The van der Waals surface area contributed by atoms with Crippen molar-refractivity contribution in [2.75, 3.05) is 53.0 Å². The van der Waals surface area contributed by atoms with Crippen LogP contribution in [0.3, 0.4) is 0 Å². The van der Waals surface area contributed by atoms with E-state index in [0.29, 0.717) is 19.1 Å². The molecule has 1 aliphatic heterocycles. The van der Waals surface area contributed by atoms with Crippen molar-refractivity contribution < 1.29 is 13.9 Å². The molecule has 1 aromatic rings. The maximum atomic E-state index is 5.86. The van der Waals surface area contributed by atoms with E-state index in [1.165, 1.54) is 0 Å². The van der Waals surface area contributed by atoms with Gasteiger partial charge in [-0.2, -0.15) is 0 Å². The lowest BCUT2D eigenvalue weighted by atomic mass is 10.2. The highest BCUT2D eigenvalue weighted by Crippen LogP contribution is 2.07. The predicted molar refractivity (Wildman–Crippen MR) is 103 cm³/mol. The summed E-state index contributed by atoms with van der Waals surface area (Å²) in [5.41, 5.74) is 0. The summed E-state index contributed by atoms with van der Waals surface area (Å²) < 4.78 is 16.7. The van der Waals surface area contributed by atoms with Crippen molar-refractivity contribution in [2.24, 2.45) is 10.9 Å². The Morgan fingerprint density at radius 3 is 3.04 bits per heavy atom. The average Bonchev–Trinajstić information content (AvgIpc) is 3.13. The number of hydrogen-bond acceptors (Lipinski definition) is 5. The molecule has 0 aromatic carbocycles. The van der Waals surface area contributed by atoms with Crippen LogP contribution >= 0.6 is 0 Å². The third kappa shape index (κ3) is 8.21. The number of nitrogens with zero attached hydrogens (tertiary/aromatic N) is 2. The minimum Gasteiger partial charge on any atom is -0.467 e. The quantitative estimate of drug-likeness (QED) is 0.373. The van der Waals surface area contributed by atoms with E-state index in [-0.39, 0.29) is 6.10 Å². The van der Waals surface area contributed by atoms with Gasteiger partial charge in [-0.3, -0.25) is 9.89 Å². The Morgan fingerprint density at radius 2 is 2.31 bits per heavy atom. The van der Waals surface area contributed by atoms with Crippen molar-refractivity contribution >= 4 is 5.96 Å². The van der Waals surface area contributed by atoms with Gasteiger partial charge in [0.05, 0.1) is 19.0 Å². The molecule has 26 heavy (non-hydrogen) atoms. The van der Waals surface area contributed by atoms with Gasteiger partial charge in [0.25, 0.3) is 0 Å². The van der Waals surface area contributed by atoms with Crippen LogP contribution in [-0.2, 0) is 16.1 Å².